The molecule has 0 amide bonds. The van der Waals surface area contributed by atoms with Gasteiger partial charge in [0, 0.05) is 37.1 Å². The van der Waals surface area contributed by atoms with Crippen molar-refractivity contribution in [3.8, 4) is 18.0 Å². The number of nitrogen functional groups attached to an aromatic ring is 1. The van der Waals surface area contributed by atoms with Crippen molar-refractivity contribution in [2.24, 2.45) is 0 Å². The average Bonchev–Trinajstić information content (AvgIpc) is 3.82. The van der Waals surface area contributed by atoms with E-state index in [0.29, 0.717) is 62.1 Å². The van der Waals surface area contributed by atoms with E-state index in [1.54, 1.807) is 12.4 Å². The topological polar surface area (TPSA) is 132 Å². The molecule has 4 aromatic rings. The molecule has 8 rings (SSSR count). The van der Waals surface area contributed by atoms with Gasteiger partial charge in [0.1, 0.15) is 35.1 Å². The highest BCUT2D eigenvalue weighted by Crippen LogP contribution is 2.42. The van der Waals surface area contributed by atoms with Crippen molar-refractivity contribution in [1.29, 1.82) is 10.5 Å². The number of ether oxygens (including phenoxy) is 1. The standard InChI is InChI=1S/C31H32FN9OS/c32-23-6-3-18(24-21(11-33)28(35)43-27(23)24)13-40-17-36-25-26(40)22(12-34)29(39-14-19-4-5-20(15-39)37-19)38-30(25)42-16-31-7-1-9-41(31)10-2-8-31/h3,6,17,19-20,37H,1-2,4-5,7-10,13-16,35H2. The predicted molar refractivity (Wildman–Crippen MR) is 163 cm³/mol. The van der Waals surface area contributed by atoms with Crippen LogP contribution in [0.15, 0.2) is 18.5 Å². The van der Waals surface area contributed by atoms with Crippen LogP contribution in [0.1, 0.15) is 55.2 Å². The summed E-state index contributed by atoms with van der Waals surface area (Å²) in [6, 6.07) is 8.43. The molecule has 3 aromatic heterocycles. The number of pyridine rings is 1. The van der Waals surface area contributed by atoms with E-state index < -0.39 is 5.82 Å². The Morgan fingerprint density at radius 3 is 2.58 bits per heavy atom. The Kier molecular flexibility index (Phi) is 6.23. The molecular weight excluding hydrogens is 565 g/mol. The fourth-order valence-electron chi connectivity index (χ4n) is 7.98. The Balaban J connectivity index is 1.26. The van der Waals surface area contributed by atoms with E-state index >= 15 is 0 Å². The quantitative estimate of drug-likeness (QED) is 0.337. The van der Waals surface area contributed by atoms with E-state index in [2.05, 4.69) is 27.3 Å². The van der Waals surface area contributed by atoms with E-state index in [1.807, 2.05) is 4.57 Å². The zero-order valence-electron chi connectivity index (χ0n) is 23.8. The lowest BCUT2D eigenvalue weighted by Gasteiger charge is -2.35. The number of fused-ring (bicyclic) bond motifs is 5. The molecule has 4 saturated heterocycles. The van der Waals surface area contributed by atoms with Gasteiger partial charge in [-0.05, 0) is 63.2 Å². The summed E-state index contributed by atoms with van der Waals surface area (Å²) < 4.78 is 23.6. The van der Waals surface area contributed by atoms with Gasteiger partial charge in [-0.15, -0.1) is 11.3 Å². The first-order valence-corrected chi connectivity index (χ1v) is 15.9. The maximum absolute atomic E-state index is 14.8. The van der Waals surface area contributed by atoms with E-state index in [-0.39, 0.29) is 17.6 Å². The van der Waals surface area contributed by atoms with Gasteiger partial charge >= 0.3 is 0 Å². The number of thiophene rings is 1. The first-order valence-electron chi connectivity index (χ1n) is 15.1. The number of imidazole rings is 1. The van der Waals surface area contributed by atoms with Gasteiger partial charge in [-0.2, -0.15) is 15.5 Å². The summed E-state index contributed by atoms with van der Waals surface area (Å²) in [6.07, 6.45) is 8.48. The molecule has 12 heteroatoms. The van der Waals surface area contributed by atoms with Crippen LogP contribution in [0.3, 0.4) is 0 Å². The maximum atomic E-state index is 14.8. The van der Waals surface area contributed by atoms with Crippen LogP contribution < -0.4 is 20.7 Å². The molecule has 2 atom stereocenters. The first kappa shape index (κ1) is 26.6. The normalized spacial score (nSPS) is 22.7. The van der Waals surface area contributed by atoms with Gasteiger partial charge < -0.3 is 25.3 Å². The molecule has 1 aromatic carbocycles. The average molecular weight is 598 g/mol. The van der Waals surface area contributed by atoms with Crippen molar-refractivity contribution in [2.75, 3.05) is 43.4 Å². The third kappa shape index (κ3) is 4.15. The molecule has 4 fully saturated rings. The Hall–Kier alpha value is -3.97. The SMILES string of the molecule is N#Cc1c(N)sc2c(F)ccc(Cn3cnc4c(OCC56CCCN5CCC6)nc(N5CC6CCC(C5)N6)c(C#N)c43)c12. The number of nitrogens with one attached hydrogen (secondary N) is 1. The van der Waals surface area contributed by atoms with Gasteiger partial charge in [0.25, 0.3) is 0 Å². The molecule has 7 heterocycles. The third-order valence-corrected chi connectivity index (χ3v) is 11.0. The van der Waals surface area contributed by atoms with Gasteiger partial charge in [-0.3, -0.25) is 4.90 Å². The van der Waals surface area contributed by atoms with Gasteiger partial charge in [0.2, 0.25) is 5.88 Å². The molecule has 2 unspecified atom stereocenters. The molecule has 220 valence electrons. The second-order valence-corrected chi connectivity index (χ2v) is 13.5. The fourth-order valence-corrected chi connectivity index (χ4v) is 8.95. The van der Waals surface area contributed by atoms with Crippen molar-refractivity contribution in [1.82, 2.24) is 24.8 Å². The maximum Gasteiger partial charge on any atom is 0.244 e. The third-order valence-electron chi connectivity index (χ3n) is 9.98. The van der Waals surface area contributed by atoms with Gasteiger partial charge in [-0.1, -0.05) is 6.07 Å². The molecule has 4 aliphatic rings. The lowest BCUT2D eigenvalue weighted by atomic mass is 9.95. The summed E-state index contributed by atoms with van der Waals surface area (Å²) in [4.78, 5) is 14.6. The Bertz CT molecular complexity index is 1830. The molecule has 0 radical (unpaired) electrons. The van der Waals surface area contributed by atoms with Crippen molar-refractivity contribution in [3.05, 3.63) is 41.0 Å². The van der Waals surface area contributed by atoms with Crippen molar-refractivity contribution < 1.29 is 9.13 Å². The van der Waals surface area contributed by atoms with Crippen LogP contribution in [0.2, 0.25) is 0 Å². The van der Waals surface area contributed by atoms with Crippen LogP contribution in [0, 0.1) is 28.5 Å². The largest absolute Gasteiger partial charge is 0.474 e. The molecule has 10 nitrogen and oxygen atoms in total. The number of benzene rings is 1. The smallest absolute Gasteiger partial charge is 0.244 e. The minimum absolute atomic E-state index is 0.0328. The van der Waals surface area contributed by atoms with Crippen molar-refractivity contribution in [3.63, 3.8) is 0 Å². The number of piperazine rings is 1. The van der Waals surface area contributed by atoms with Crippen LogP contribution in [0.25, 0.3) is 21.1 Å². The second kappa shape index (κ2) is 10.1. The highest BCUT2D eigenvalue weighted by molar-refractivity contribution is 7.23. The van der Waals surface area contributed by atoms with E-state index in [0.717, 1.165) is 68.8 Å². The number of halogens is 1. The zero-order valence-corrected chi connectivity index (χ0v) is 24.6. The molecule has 4 aliphatic heterocycles. The van der Waals surface area contributed by atoms with Gasteiger partial charge in [0.05, 0.1) is 27.6 Å². The first-order chi connectivity index (χ1) is 21.0. The summed E-state index contributed by atoms with van der Waals surface area (Å²) in [5.41, 5.74) is 8.78. The van der Waals surface area contributed by atoms with Crippen molar-refractivity contribution >= 4 is 43.3 Å². The summed E-state index contributed by atoms with van der Waals surface area (Å²) in [5.74, 6) is 0.663. The van der Waals surface area contributed by atoms with Crippen LogP contribution >= 0.6 is 11.3 Å². The molecular formula is C31H32FN9OS. The van der Waals surface area contributed by atoms with E-state index in [9.17, 15) is 14.9 Å². The van der Waals surface area contributed by atoms with Crippen LogP contribution in [0.4, 0.5) is 15.2 Å². The molecule has 0 spiro atoms. The fraction of sp³-hybridized carbons (Fsp3) is 0.484. The molecule has 2 bridgehead atoms. The summed E-state index contributed by atoms with van der Waals surface area (Å²) >= 11 is 1.08. The lowest BCUT2D eigenvalue weighted by molar-refractivity contribution is 0.112. The Labute approximate surface area is 252 Å². The number of hydrogen-bond acceptors (Lipinski definition) is 10. The Morgan fingerprint density at radius 1 is 1.12 bits per heavy atom. The van der Waals surface area contributed by atoms with Crippen LogP contribution in [-0.4, -0.2) is 69.8 Å². The minimum Gasteiger partial charge on any atom is -0.474 e. The second-order valence-electron chi connectivity index (χ2n) is 12.4. The number of rotatable bonds is 6. The van der Waals surface area contributed by atoms with Crippen molar-refractivity contribution in [2.45, 2.75) is 62.7 Å². The summed E-state index contributed by atoms with van der Waals surface area (Å²) in [7, 11) is 0. The van der Waals surface area contributed by atoms with Gasteiger partial charge in [0.15, 0.2) is 11.3 Å². The highest BCUT2D eigenvalue weighted by Gasteiger charge is 2.45. The van der Waals surface area contributed by atoms with Crippen LogP contribution in [0.5, 0.6) is 5.88 Å². The van der Waals surface area contributed by atoms with E-state index in [1.165, 1.54) is 18.9 Å². The number of nitrogens with zero attached hydrogens (tertiary/aromatic N) is 7. The van der Waals surface area contributed by atoms with Gasteiger partial charge in [-0.25, -0.2) is 9.37 Å². The Morgan fingerprint density at radius 2 is 1.86 bits per heavy atom. The van der Waals surface area contributed by atoms with Crippen LogP contribution in [-0.2, 0) is 6.54 Å². The highest BCUT2D eigenvalue weighted by atomic mass is 32.1. The number of nitriles is 2. The molecule has 0 aliphatic carbocycles. The van der Waals surface area contributed by atoms with E-state index in [4.69, 9.17) is 20.4 Å². The zero-order chi connectivity index (χ0) is 29.3. The number of nitrogens with two attached hydrogens (primary N) is 1. The monoisotopic (exact) mass is 597 g/mol. The number of hydrogen-bond donors (Lipinski definition) is 2. The number of anilines is 2. The molecule has 43 heavy (non-hydrogen) atoms. The minimum atomic E-state index is -0.409. The predicted octanol–water partition coefficient (Wildman–Crippen LogP) is 4.11. The summed E-state index contributed by atoms with van der Waals surface area (Å²) in [5, 5.41) is 24.9. The molecule has 3 N–H and O–H groups in total. The molecule has 0 saturated carbocycles. The lowest BCUT2D eigenvalue weighted by Crippen LogP contribution is -2.51. The number of aromatic nitrogens is 3. The summed E-state index contributed by atoms with van der Waals surface area (Å²) in [6.45, 7) is 4.57.